The van der Waals surface area contributed by atoms with Crippen LogP contribution < -0.4 is 0 Å². The second-order valence-corrected chi connectivity index (χ2v) is 8.26. The molecule has 32 heavy (non-hydrogen) atoms. The molecule has 4 rings (SSSR count). The Balaban J connectivity index is 1.95. The molecule has 160 valence electrons. The molecule has 3 nitrogen and oxygen atoms in total. The van der Waals surface area contributed by atoms with Crippen LogP contribution in [-0.4, -0.2) is 16.0 Å². The largest absolute Gasteiger partial charge is 0.506 e. The van der Waals surface area contributed by atoms with Gasteiger partial charge >= 0.3 is 0 Å². The molecule has 0 aromatic heterocycles. The molecule has 0 amide bonds. The molecular formula is C27H20Cl2O3. The highest BCUT2D eigenvalue weighted by Gasteiger charge is 2.35. The van der Waals surface area contributed by atoms with Crippen molar-refractivity contribution in [2.45, 2.75) is 11.8 Å². The predicted octanol–water partition coefficient (Wildman–Crippen LogP) is 6.94. The zero-order chi connectivity index (χ0) is 22.7. The highest BCUT2D eigenvalue weighted by Crippen LogP contribution is 2.43. The Bertz CT molecular complexity index is 1140. The molecule has 0 heterocycles. The fraction of sp³-hybridized carbons (Fsp3) is 0.0741. The van der Waals surface area contributed by atoms with Gasteiger partial charge in [-0.2, -0.15) is 0 Å². The van der Waals surface area contributed by atoms with E-state index in [0.717, 1.165) is 0 Å². The Hall–Kier alpha value is -3.27. The third-order valence-corrected chi connectivity index (χ3v) is 6.10. The summed E-state index contributed by atoms with van der Waals surface area (Å²) < 4.78 is 0. The predicted molar refractivity (Wildman–Crippen MR) is 128 cm³/mol. The molecule has 0 spiro atoms. The summed E-state index contributed by atoms with van der Waals surface area (Å²) in [6.45, 7) is 0. The van der Waals surface area contributed by atoms with Gasteiger partial charge in [0.25, 0.3) is 0 Å². The summed E-state index contributed by atoms with van der Waals surface area (Å²) in [5, 5.41) is 21.8. The van der Waals surface area contributed by atoms with E-state index in [1.54, 1.807) is 36.4 Å². The average molecular weight is 463 g/mol. The van der Waals surface area contributed by atoms with Crippen molar-refractivity contribution in [2.75, 3.05) is 0 Å². The van der Waals surface area contributed by atoms with E-state index in [2.05, 4.69) is 0 Å². The van der Waals surface area contributed by atoms with Crippen molar-refractivity contribution in [3.63, 3.8) is 0 Å². The van der Waals surface area contributed by atoms with Crippen LogP contribution in [0.1, 0.15) is 34.1 Å². The highest BCUT2D eigenvalue weighted by atomic mass is 35.5. The van der Waals surface area contributed by atoms with Crippen molar-refractivity contribution in [2.24, 2.45) is 0 Å². The number of carbonyl (C=O) groups excluding carboxylic acids is 1. The number of hydrogen-bond donors (Lipinski definition) is 2. The van der Waals surface area contributed by atoms with Crippen molar-refractivity contribution in [3.8, 4) is 11.5 Å². The summed E-state index contributed by atoms with van der Waals surface area (Å²) >= 11 is 12.4. The van der Waals surface area contributed by atoms with Crippen LogP contribution in [0.25, 0.3) is 0 Å². The number of Topliss-reactive ketones (excluding diaryl/α,β-unsaturated/α-hetero) is 1. The summed E-state index contributed by atoms with van der Waals surface area (Å²) in [6.07, 6.45) is 0. The monoisotopic (exact) mass is 462 g/mol. The molecule has 2 atom stereocenters. The van der Waals surface area contributed by atoms with E-state index in [4.69, 9.17) is 23.2 Å². The SMILES string of the molecule is O=C(C(c1ccccc1)c1cccc(Cl)c1O)C(c1ccccc1)c1cccc(Cl)c1O. The molecule has 4 aromatic carbocycles. The van der Waals surface area contributed by atoms with Crippen LogP contribution in [0.5, 0.6) is 11.5 Å². The first-order valence-electron chi connectivity index (χ1n) is 10.1. The second kappa shape index (κ2) is 9.47. The van der Waals surface area contributed by atoms with Crippen LogP contribution in [0, 0.1) is 0 Å². The van der Waals surface area contributed by atoms with Gasteiger partial charge in [0.1, 0.15) is 11.5 Å². The van der Waals surface area contributed by atoms with E-state index in [1.165, 1.54) is 0 Å². The zero-order valence-electron chi connectivity index (χ0n) is 17.0. The Morgan fingerprint density at radius 1 is 0.562 bits per heavy atom. The first-order valence-corrected chi connectivity index (χ1v) is 10.8. The number of halogens is 2. The Morgan fingerprint density at radius 3 is 1.31 bits per heavy atom. The van der Waals surface area contributed by atoms with E-state index in [0.29, 0.717) is 22.3 Å². The second-order valence-electron chi connectivity index (χ2n) is 7.45. The van der Waals surface area contributed by atoms with Crippen LogP contribution in [0.3, 0.4) is 0 Å². The quantitative estimate of drug-likeness (QED) is 0.326. The van der Waals surface area contributed by atoms with Gasteiger partial charge in [0.05, 0.1) is 21.9 Å². The molecule has 0 aliphatic carbocycles. The van der Waals surface area contributed by atoms with Crippen molar-refractivity contribution >= 4 is 29.0 Å². The number of aromatic hydroxyl groups is 2. The lowest BCUT2D eigenvalue weighted by atomic mass is 9.76. The van der Waals surface area contributed by atoms with Gasteiger partial charge in [-0.3, -0.25) is 4.79 Å². The van der Waals surface area contributed by atoms with Crippen molar-refractivity contribution in [3.05, 3.63) is 129 Å². The molecular weight excluding hydrogens is 443 g/mol. The van der Waals surface area contributed by atoms with Crippen molar-refractivity contribution in [1.29, 1.82) is 0 Å². The molecule has 0 aliphatic heterocycles. The van der Waals surface area contributed by atoms with Gasteiger partial charge in [0, 0.05) is 11.1 Å². The first kappa shape index (κ1) is 21.9. The number of carbonyl (C=O) groups is 1. The first-order chi connectivity index (χ1) is 15.5. The third-order valence-electron chi connectivity index (χ3n) is 5.49. The van der Waals surface area contributed by atoms with Gasteiger partial charge < -0.3 is 10.2 Å². The Kier molecular flexibility index (Phi) is 6.50. The lowest BCUT2D eigenvalue weighted by molar-refractivity contribution is -0.120. The van der Waals surface area contributed by atoms with Crippen LogP contribution in [0.4, 0.5) is 0 Å². The van der Waals surface area contributed by atoms with Crippen LogP contribution in [0.15, 0.2) is 97.1 Å². The number of phenolic OH excluding ortho intramolecular Hbond substituents is 2. The van der Waals surface area contributed by atoms with Gasteiger partial charge in [-0.15, -0.1) is 0 Å². The lowest BCUT2D eigenvalue weighted by Gasteiger charge is -2.25. The molecule has 0 radical (unpaired) electrons. The fourth-order valence-electron chi connectivity index (χ4n) is 3.98. The number of phenols is 2. The van der Waals surface area contributed by atoms with Gasteiger partial charge in [-0.05, 0) is 23.3 Å². The topological polar surface area (TPSA) is 57.5 Å². The Morgan fingerprint density at radius 2 is 0.938 bits per heavy atom. The average Bonchev–Trinajstić information content (AvgIpc) is 2.81. The smallest absolute Gasteiger partial charge is 0.156 e. The summed E-state index contributed by atoms with van der Waals surface area (Å²) in [6, 6.07) is 28.4. The summed E-state index contributed by atoms with van der Waals surface area (Å²) in [5.41, 5.74) is 2.21. The molecule has 0 saturated heterocycles. The van der Waals surface area contributed by atoms with E-state index in [9.17, 15) is 15.0 Å². The maximum atomic E-state index is 14.3. The number of ketones is 1. The van der Waals surface area contributed by atoms with E-state index < -0.39 is 11.8 Å². The van der Waals surface area contributed by atoms with Crippen molar-refractivity contribution in [1.82, 2.24) is 0 Å². The standard InChI is InChI=1S/C27H20Cl2O3/c28-21-15-7-13-19(25(21)30)23(17-9-3-1-4-10-17)27(32)24(18-11-5-2-6-12-18)20-14-8-16-22(29)26(20)31/h1-16,23-24,30-31H. The van der Waals surface area contributed by atoms with Gasteiger partial charge in [-0.1, -0.05) is 108 Å². The minimum absolute atomic E-state index is 0.140. The van der Waals surface area contributed by atoms with Gasteiger partial charge in [0.2, 0.25) is 0 Å². The van der Waals surface area contributed by atoms with Gasteiger partial charge in [-0.25, -0.2) is 0 Å². The van der Waals surface area contributed by atoms with Crippen LogP contribution in [0.2, 0.25) is 10.0 Å². The minimum Gasteiger partial charge on any atom is -0.506 e. The molecule has 0 fully saturated rings. The Labute approximate surface area is 196 Å². The van der Waals surface area contributed by atoms with Crippen molar-refractivity contribution < 1.29 is 15.0 Å². The number of hydrogen-bond acceptors (Lipinski definition) is 3. The maximum Gasteiger partial charge on any atom is 0.156 e. The van der Waals surface area contributed by atoms with E-state index >= 15 is 0 Å². The number of para-hydroxylation sites is 2. The summed E-state index contributed by atoms with van der Waals surface area (Å²) in [5.74, 6) is -2.15. The van der Waals surface area contributed by atoms with E-state index in [-0.39, 0.29) is 27.3 Å². The molecule has 0 aliphatic rings. The van der Waals surface area contributed by atoms with Gasteiger partial charge in [0.15, 0.2) is 5.78 Å². The third kappa shape index (κ3) is 4.22. The van der Waals surface area contributed by atoms with Crippen LogP contribution >= 0.6 is 23.2 Å². The minimum atomic E-state index is -0.821. The molecule has 2 N–H and O–H groups in total. The number of benzene rings is 4. The molecule has 4 aromatic rings. The normalized spacial score (nSPS) is 12.8. The molecule has 0 bridgehead atoms. The van der Waals surface area contributed by atoms with E-state index in [1.807, 2.05) is 60.7 Å². The molecule has 0 saturated carbocycles. The lowest BCUT2D eigenvalue weighted by Crippen LogP contribution is -2.23. The molecule has 2 unspecified atom stereocenters. The number of rotatable bonds is 6. The summed E-state index contributed by atoms with van der Waals surface area (Å²) in [7, 11) is 0. The van der Waals surface area contributed by atoms with Crippen LogP contribution in [-0.2, 0) is 4.79 Å². The fourth-order valence-corrected chi connectivity index (χ4v) is 4.35. The maximum absolute atomic E-state index is 14.3. The summed E-state index contributed by atoms with van der Waals surface area (Å²) in [4.78, 5) is 14.3. The zero-order valence-corrected chi connectivity index (χ0v) is 18.5. The highest BCUT2D eigenvalue weighted by molar-refractivity contribution is 6.32. The molecule has 5 heteroatoms.